The SMILES string of the molecule is CCCCN(CCO)c1c(Cl)cc(N)cc1C(=O)O. The van der Waals surface area contributed by atoms with Gasteiger partial charge in [-0.05, 0) is 18.6 Å². The van der Waals surface area contributed by atoms with Crippen LogP contribution in [-0.2, 0) is 0 Å². The minimum absolute atomic E-state index is 0.0644. The number of carbonyl (C=O) groups is 1. The smallest absolute Gasteiger partial charge is 0.337 e. The summed E-state index contributed by atoms with van der Waals surface area (Å²) in [6.07, 6.45) is 1.86. The molecule has 0 spiro atoms. The Hall–Kier alpha value is -1.46. The Bertz CT molecular complexity index is 452. The maximum atomic E-state index is 11.3. The van der Waals surface area contributed by atoms with Crippen LogP contribution in [0.25, 0.3) is 0 Å². The Morgan fingerprint density at radius 3 is 2.63 bits per heavy atom. The number of halogens is 1. The number of unbranched alkanes of at least 4 members (excludes halogenated alkanes) is 1. The molecule has 0 aliphatic rings. The van der Waals surface area contributed by atoms with Gasteiger partial charge in [0, 0.05) is 18.8 Å². The fourth-order valence-electron chi connectivity index (χ4n) is 1.91. The number of rotatable bonds is 7. The summed E-state index contributed by atoms with van der Waals surface area (Å²) in [6, 6.07) is 2.92. The fourth-order valence-corrected chi connectivity index (χ4v) is 2.26. The first-order valence-corrected chi connectivity index (χ1v) is 6.57. The first-order valence-electron chi connectivity index (χ1n) is 6.19. The molecule has 0 heterocycles. The van der Waals surface area contributed by atoms with Gasteiger partial charge in [-0.2, -0.15) is 0 Å². The van der Waals surface area contributed by atoms with Gasteiger partial charge in [0.25, 0.3) is 0 Å². The zero-order valence-corrected chi connectivity index (χ0v) is 11.7. The summed E-state index contributed by atoms with van der Waals surface area (Å²) in [5.74, 6) is -1.08. The molecule has 0 saturated heterocycles. The summed E-state index contributed by atoms with van der Waals surface area (Å²) >= 11 is 6.12. The summed E-state index contributed by atoms with van der Waals surface area (Å²) in [5, 5.41) is 18.7. The minimum Gasteiger partial charge on any atom is -0.478 e. The number of carboxylic acid groups (broad SMARTS) is 1. The van der Waals surface area contributed by atoms with Gasteiger partial charge in [0.1, 0.15) is 0 Å². The molecule has 6 heteroatoms. The van der Waals surface area contributed by atoms with Crippen molar-refractivity contribution in [3.05, 3.63) is 22.7 Å². The van der Waals surface area contributed by atoms with E-state index in [1.807, 2.05) is 6.92 Å². The van der Waals surface area contributed by atoms with Crippen molar-refractivity contribution in [2.24, 2.45) is 0 Å². The van der Waals surface area contributed by atoms with Gasteiger partial charge in [-0.15, -0.1) is 0 Å². The number of hydrogen-bond acceptors (Lipinski definition) is 4. The number of carboxylic acids is 1. The Kier molecular flexibility index (Phi) is 5.92. The van der Waals surface area contributed by atoms with Crippen molar-refractivity contribution in [1.29, 1.82) is 0 Å². The van der Waals surface area contributed by atoms with Crippen LogP contribution in [0, 0.1) is 0 Å². The molecule has 0 radical (unpaired) electrons. The quantitative estimate of drug-likeness (QED) is 0.669. The largest absolute Gasteiger partial charge is 0.478 e. The summed E-state index contributed by atoms with van der Waals surface area (Å²) in [6.45, 7) is 2.95. The van der Waals surface area contributed by atoms with Gasteiger partial charge in [-0.3, -0.25) is 0 Å². The molecular weight excluding hydrogens is 268 g/mol. The average Bonchev–Trinajstić information content (AvgIpc) is 2.34. The number of nitrogens with zero attached hydrogens (tertiary/aromatic N) is 1. The number of aromatic carboxylic acids is 1. The molecule has 1 aromatic rings. The van der Waals surface area contributed by atoms with Gasteiger partial charge in [0.15, 0.2) is 0 Å². The molecule has 0 amide bonds. The van der Waals surface area contributed by atoms with Crippen LogP contribution < -0.4 is 10.6 Å². The molecule has 5 nitrogen and oxygen atoms in total. The van der Waals surface area contributed by atoms with Crippen molar-refractivity contribution in [2.45, 2.75) is 19.8 Å². The highest BCUT2D eigenvalue weighted by atomic mass is 35.5. The standard InChI is InChI=1S/C13H19ClN2O3/c1-2-3-4-16(5-6-17)12-10(13(18)19)7-9(15)8-11(12)14/h7-8,17H,2-6,15H2,1H3,(H,18,19). The number of nitrogens with two attached hydrogens (primary N) is 1. The van der Waals surface area contributed by atoms with Crippen molar-refractivity contribution in [3.8, 4) is 0 Å². The molecule has 0 saturated carbocycles. The highest BCUT2D eigenvalue weighted by Gasteiger charge is 2.19. The van der Waals surface area contributed by atoms with Crippen LogP contribution in [0.2, 0.25) is 5.02 Å². The topological polar surface area (TPSA) is 86.8 Å². The number of benzene rings is 1. The van der Waals surface area contributed by atoms with E-state index in [1.54, 1.807) is 4.90 Å². The Morgan fingerprint density at radius 2 is 2.11 bits per heavy atom. The third-order valence-electron chi connectivity index (χ3n) is 2.78. The van der Waals surface area contributed by atoms with Gasteiger partial charge in [0.2, 0.25) is 0 Å². The van der Waals surface area contributed by atoms with Gasteiger partial charge in [0.05, 0.1) is 22.9 Å². The van der Waals surface area contributed by atoms with Gasteiger partial charge in [-0.25, -0.2) is 4.79 Å². The van der Waals surface area contributed by atoms with Crippen LogP contribution in [0.5, 0.6) is 0 Å². The monoisotopic (exact) mass is 286 g/mol. The molecule has 0 atom stereocenters. The second-order valence-electron chi connectivity index (χ2n) is 4.27. The first-order chi connectivity index (χ1) is 9.01. The van der Waals surface area contributed by atoms with E-state index >= 15 is 0 Å². The van der Waals surface area contributed by atoms with Gasteiger partial charge in [-0.1, -0.05) is 24.9 Å². The Labute approximate surface area is 117 Å². The molecule has 0 unspecified atom stereocenters. The van der Waals surface area contributed by atoms with Gasteiger partial charge < -0.3 is 20.8 Å². The van der Waals surface area contributed by atoms with E-state index in [2.05, 4.69) is 0 Å². The third kappa shape index (κ3) is 4.01. The maximum Gasteiger partial charge on any atom is 0.337 e. The fraction of sp³-hybridized carbons (Fsp3) is 0.462. The lowest BCUT2D eigenvalue weighted by molar-refractivity contribution is 0.0697. The predicted molar refractivity (Wildman–Crippen MR) is 77.0 cm³/mol. The first kappa shape index (κ1) is 15.6. The zero-order valence-electron chi connectivity index (χ0n) is 10.9. The molecule has 1 rings (SSSR count). The van der Waals surface area contributed by atoms with E-state index in [1.165, 1.54) is 12.1 Å². The van der Waals surface area contributed by atoms with Crippen molar-refractivity contribution < 1.29 is 15.0 Å². The summed E-state index contributed by atoms with van der Waals surface area (Å²) in [7, 11) is 0. The highest BCUT2D eigenvalue weighted by molar-refractivity contribution is 6.34. The lowest BCUT2D eigenvalue weighted by Crippen LogP contribution is -2.29. The molecule has 0 aromatic heterocycles. The maximum absolute atomic E-state index is 11.3. The number of aliphatic hydroxyl groups excluding tert-OH is 1. The van der Waals surface area contributed by atoms with Crippen LogP contribution in [0.4, 0.5) is 11.4 Å². The van der Waals surface area contributed by atoms with E-state index in [-0.39, 0.29) is 12.2 Å². The van der Waals surface area contributed by atoms with Crippen LogP contribution in [0.1, 0.15) is 30.1 Å². The average molecular weight is 287 g/mol. The van der Waals surface area contributed by atoms with Crippen LogP contribution in [0.15, 0.2) is 12.1 Å². The number of aliphatic hydroxyl groups is 1. The zero-order chi connectivity index (χ0) is 14.4. The van der Waals surface area contributed by atoms with E-state index in [0.717, 1.165) is 12.8 Å². The molecule has 4 N–H and O–H groups in total. The minimum atomic E-state index is -1.08. The van der Waals surface area contributed by atoms with E-state index in [4.69, 9.17) is 22.4 Å². The van der Waals surface area contributed by atoms with E-state index in [0.29, 0.717) is 29.5 Å². The van der Waals surface area contributed by atoms with Crippen LogP contribution >= 0.6 is 11.6 Å². The molecule has 0 aliphatic heterocycles. The summed E-state index contributed by atoms with van der Waals surface area (Å²) < 4.78 is 0. The molecule has 0 aliphatic carbocycles. The van der Waals surface area contributed by atoms with Gasteiger partial charge >= 0.3 is 5.97 Å². The second kappa shape index (κ2) is 7.21. The lowest BCUT2D eigenvalue weighted by Gasteiger charge is -2.26. The van der Waals surface area contributed by atoms with E-state index < -0.39 is 5.97 Å². The predicted octanol–water partition coefficient (Wildman–Crippen LogP) is 2.22. The van der Waals surface area contributed by atoms with Crippen molar-refractivity contribution in [2.75, 3.05) is 30.3 Å². The van der Waals surface area contributed by atoms with Crippen molar-refractivity contribution in [1.82, 2.24) is 0 Å². The molecule has 0 fully saturated rings. The Balaban J connectivity index is 3.23. The highest BCUT2D eigenvalue weighted by Crippen LogP contribution is 2.32. The summed E-state index contributed by atoms with van der Waals surface area (Å²) in [5.41, 5.74) is 6.42. The Morgan fingerprint density at radius 1 is 1.42 bits per heavy atom. The summed E-state index contributed by atoms with van der Waals surface area (Å²) in [4.78, 5) is 13.1. The second-order valence-corrected chi connectivity index (χ2v) is 4.68. The van der Waals surface area contributed by atoms with E-state index in [9.17, 15) is 9.90 Å². The molecule has 19 heavy (non-hydrogen) atoms. The molecular formula is C13H19ClN2O3. The van der Waals surface area contributed by atoms with Crippen molar-refractivity contribution >= 4 is 28.9 Å². The third-order valence-corrected chi connectivity index (χ3v) is 3.07. The van der Waals surface area contributed by atoms with Crippen LogP contribution in [-0.4, -0.2) is 35.9 Å². The number of anilines is 2. The molecule has 1 aromatic carbocycles. The van der Waals surface area contributed by atoms with Crippen LogP contribution in [0.3, 0.4) is 0 Å². The molecule has 0 bridgehead atoms. The van der Waals surface area contributed by atoms with Crippen molar-refractivity contribution in [3.63, 3.8) is 0 Å². The lowest BCUT2D eigenvalue weighted by atomic mass is 10.1. The normalized spacial score (nSPS) is 10.5. The molecule has 106 valence electrons. The number of nitrogen functional groups attached to an aromatic ring is 1. The number of hydrogen-bond donors (Lipinski definition) is 3.